The fourth-order valence-electron chi connectivity index (χ4n) is 4.20. The smallest absolute Gasteiger partial charge is 0.343 e. The molecule has 34 heavy (non-hydrogen) atoms. The van der Waals surface area contributed by atoms with E-state index >= 15 is 0 Å². The number of methoxy groups -OCH3 is 2. The number of piperidine rings is 1. The Kier molecular flexibility index (Phi) is 6.76. The maximum atomic E-state index is 12.1. The van der Waals surface area contributed by atoms with Crippen LogP contribution in [0.3, 0.4) is 0 Å². The van der Waals surface area contributed by atoms with Crippen molar-refractivity contribution in [3.8, 4) is 34.1 Å². The van der Waals surface area contributed by atoms with E-state index in [-0.39, 0.29) is 6.61 Å². The van der Waals surface area contributed by atoms with Gasteiger partial charge in [-0.25, -0.2) is 14.8 Å². The molecule has 2 heterocycles. The van der Waals surface area contributed by atoms with Crippen LogP contribution in [0.15, 0.2) is 52.9 Å². The van der Waals surface area contributed by atoms with E-state index < -0.39 is 11.4 Å². The van der Waals surface area contributed by atoms with E-state index in [0.29, 0.717) is 48.3 Å². The number of amides is 2. The number of ether oxygens (including phenoxy) is 2. The molecule has 0 atom stereocenters. The Hall–Kier alpha value is -3.56. The normalized spacial score (nSPS) is 15.1. The summed E-state index contributed by atoms with van der Waals surface area (Å²) in [6.45, 7) is 0.555. The average molecular weight is 468 g/mol. The second-order valence-corrected chi connectivity index (χ2v) is 8.39. The summed E-state index contributed by atoms with van der Waals surface area (Å²) < 4.78 is 16.9. The maximum absolute atomic E-state index is 12.1. The van der Waals surface area contributed by atoms with Crippen LogP contribution in [0.25, 0.3) is 22.6 Å². The summed E-state index contributed by atoms with van der Waals surface area (Å²) in [6, 6.07) is 14.6. The number of nitrogens with zero attached hydrogens (tertiary/aromatic N) is 3. The molecule has 2 amide bonds. The number of carbonyl (C=O) groups is 1. The van der Waals surface area contributed by atoms with Crippen molar-refractivity contribution in [1.29, 1.82) is 0 Å². The molecule has 1 aliphatic rings. The van der Waals surface area contributed by atoms with Crippen molar-refractivity contribution in [2.75, 3.05) is 41.0 Å². The van der Waals surface area contributed by atoms with Crippen molar-refractivity contribution in [2.24, 2.45) is 0 Å². The van der Waals surface area contributed by atoms with Gasteiger partial charge in [0.1, 0.15) is 17.2 Å². The number of carbonyl (C=O) groups excluding carboxylic acids is 1. The molecule has 180 valence electrons. The highest BCUT2D eigenvalue weighted by molar-refractivity contribution is 5.77. The van der Waals surface area contributed by atoms with E-state index in [1.54, 1.807) is 19.1 Å². The van der Waals surface area contributed by atoms with E-state index in [1.807, 2.05) is 48.5 Å². The van der Waals surface area contributed by atoms with Gasteiger partial charge >= 0.3 is 6.03 Å². The Bertz CT molecular complexity index is 1050. The van der Waals surface area contributed by atoms with Crippen LogP contribution in [-0.4, -0.2) is 72.3 Å². The van der Waals surface area contributed by atoms with Crippen LogP contribution in [0.1, 0.15) is 18.7 Å². The second-order valence-electron chi connectivity index (χ2n) is 8.39. The molecule has 0 bridgehead atoms. The first-order valence-electron chi connectivity index (χ1n) is 11.0. The van der Waals surface area contributed by atoms with Gasteiger partial charge in [-0.1, -0.05) is 0 Å². The first-order valence-corrected chi connectivity index (χ1v) is 11.0. The number of oxazole rings is 1. The number of hydrogen-bond acceptors (Lipinski definition) is 7. The van der Waals surface area contributed by atoms with Gasteiger partial charge in [-0.15, -0.1) is 0 Å². The van der Waals surface area contributed by atoms with Gasteiger partial charge in [0.25, 0.3) is 0 Å². The third kappa shape index (κ3) is 4.44. The monoisotopic (exact) mass is 467 g/mol. The summed E-state index contributed by atoms with van der Waals surface area (Å²) in [4.78, 5) is 18.6. The molecule has 0 radical (unpaired) electrons. The summed E-state index contributed by atoms with van der Waals surface area (Å²) in [5.41, 5.74) is 1.60. The Morgan fingerprint density at radius 1 is 1.03 bits per heavy atom. The molecule has 9 nitrogen and oxygen atoms in total. The quantitative estimate of drug-likeness (QED) is 0.419. The molecule has 2 aromatic carbocycles. The summed E-state index contributed by atoms with van der Waals surface area (Å²) in [5, 5.41) is 20.5. The number of urea groups is 1. The minimum absolute atomic E-state index is 0.172. The molecule has 0 saturated carbocycles. The first-order chi connectivity index (χ1) is 16.4. The molecule has 0 aliphatic carbocycles. The van der Waals surface area contributed by atoms with Crippen LogP contribution in [0, 0.1) is 0 Å². The fourth-order valence-corrected chi connectivity index (χ4v) is 4.20. The molecule has 2 N–H and O–H groups in total. The van der Waals surface area contributed by atoms with Crippen molar-refractivity contribution >= 4 is 6.03 Å². The van der Waals surface area contributed by atoms with Crippen LogP contribution in [0.5, 0.6) is 11.5 Å². The van der Waals surface area contributed by atoms with Gasteiger partial charge in [0, 0.05) is 31.3 Å². The highest BCUT2D eigenvalue weighted by Gasteiger charge is 2.42. The number of hydrogen-bond donors (Lipinski definition) is 2. The van der Waals surface area contributed by atoms with Gasteiger partial charge < -0.3 is 23.9 Å². The third-order valence-corrected chi connectivity index (χ3v) is 6.37. The fraction of sp³-hybridized carbons (Fsp3) is 0.360. The van der Waals surface area contributed by atoms with E-state index in [9.17, 15) is 15.1 Å². The summed E-state index contributed by atoms with van der Waals surface area (Å²) in [5.74, 6) is 2.48. The molecular weight excluding hydrogens is 438 g/mol. The largest absolute Gasteiger partial charge is 0.497 e. The van der Waals surface area contributed by atoms with Gasteiger partial charge in [-0.3, -0.25) is 5.21 Å². The minimum atomic E-state index is -0.739. The SMILES string of the molecule is COc1ccc(-c2nc(C3(CO)CCN(C(=O)N(C)O)CC3)oc2-c2ccc(OC)cc2)cc1. The van der Waals surface area contributed by atoms with Crippen molar-refractivity contribution in [3.05, 3.63) is 54.4 Å². The van der Waals surface area contributed by atoms with E-state index in [4.69, 9.17) is 18.9 Å². The van der Waals surface area contributed by atoms with Crippen molar-refractivity contribution in [1.82, 2.24) is 14.9 Å². The Morgan fingerprint density at radius 2 is 1.56 bits per heavy atom. The molecule has 3 aromatic rings. The standard InChI is InChI=1S/C25H29N3O6/c1-27(31)24(30)28-14-12-25(16-29,13-15-28)23-26-21(17-4-8-19(32-2)9-5-17)22(34-23)18-6-10-20(33-3)11-7-18/h4-11,29,31H,12-16H2,1-3H3. The highest BCUT2D eigenvalue weighted by atomic mass is 16.5. The lowest BCUT2D eigenvalue weighted by Crippen LogP contribution is -2.49. The predicted molar refractivity (Wildman–Crippen MR) is 125 cm³/mol. The lowest BCUT2D eigenvalue weighted by Gasteiger charge is -2.38. The van der Waals surface area contributed by atoms with Crippen molar-refractivity contribution < 1.29 is 29.0 Å². The van der Waals surface area contributed by atoms with E-state index in [1.165, 1.54) is 7.05 Å². The Labute approximate surface area is 198 Å². The van der Waals surface area contributed by atoms with Gasteiger partial charge in [0.15, 0.2) is 5.76 Å². The number of aliphatic hydroxyl groups is 1. The maximum Gasteiger partial charge on any atom is 0.343 e. The third-order valence-electron chi connectivity index (χ3n) is 6.37. The Morgan fingerprint density at radius 3 is 2.03 bits per heavy atom. The van der Waals surface area contributed by atoms with Crippen LogP contribution in [0.2, 0.25) is 0 Å². The zero-order valence-corrected chi connectivity index (χ0v) is 19.5. The molecule has 1 saturated heterocycles. The summed E-state index contributed by atoms with van der Waals surface area (Å²) in [7, 11) is 4.52. The van der Waals surface area contributed by atoms with Crippen molar-refractivity contribution in [3.63, 3.8) is 0 Å². The highest BCUT2D eigenvalue weighted by Crippen LogP contribution is 2.41. The molecule has 1 fully saturated rings. The molecular formula is C25H29N3O6. The van der Waals surface area contributed by atoms with Crippen LogP contribution < -0.4 is 9.47 Å². The molecule has 4 rings (SSSR count). The van der Waals surface area contributed by atoms with Crippen LogP contribution in [-0.2, 0) is 5.41 Å². The number of aliphatic hydroxyl groups excluding tert-OH is 1. The zero-order chi connectivity index (χ0) is 24.3. The molecule has 9 heteroatoms. The lowest BCUT2D eigenvalue weighted by molar-refractivity contribution is -0.0392. The summed E-state index contributed by atoms with van der Waals surface area (Å²) >= 11 is 0. The molecule has 0 spiro atoms. The van der Waals surface area contributed by atoms with E-state index in [0.717, 1.165) is 22.6 Å². The van der Waals surface area contributed by atoms with E-state index in [2.05, 4.69) is 0 Å². The number of aromatic nitrogens is 1. The minimum Gasteiger partial charge on any atom is -0.497 e. The molecule has 1 aromatic heterocycles. The molecule has 0 unspecified atom stereocenters. The second kappa shape index (κ2) is 9.74. The number of rotatable bonds is 6. The van der Waals surface area contributed by atoms with Crippen LogP contribution >= 0.6 is 0 Å². The summed E-state index contributed by atoms with van der Waals surface area (Å²) in [6.07, 6.45) is 0.904. The van der Waals surface area contributed by atoms with Crippen LogP contribution in [0.4, 0.5) is 4.79 Å². The molecule has 1 aliphatic heterocycles. The number of likely N-dealkylation sites (tertiary alicyclic amines) is 1. The topological polar surface area (TPSA) is 109 Å². The predicted octanol–water partition coefficient (Wildman–Crippen LogP) is 3.79. The van der Waals surface area contributed by atoms with Crippen molar-refractivity contribution in [2.45, 2.75) is 18.3 Å². The zero-order valence-electron chi connectivity index (χ0n) is 19.5. The number of hydroxylamine groups is 2. The Balaban J connectivity index is 1.74. The van der Waals surface area contributed by atoms with Gasteiger partial charge in [-0.2, -0.15) is 0 Å². The number of benzene rings is 2. The first kappa shape index (κ1) is 23.6. The average Bonchev–Trinajstić information content (AvgIpc) is 3.34. The van der Waals surface area contributed by atoms with Gasteiger partial charge in [0.05, 0.1) is 26.2 Å². The van der Waals surface area contributed by atoms with Gasteiger partial charge in [-0.05, 0) is 61.4 Å². The lowest BCUT2D eigenvalue weighted by atomic mass is 9.79. The van der Waals surface area contributed by atoms with Gasteiger partial charge in [0.2, 0.25) is 5.89 Å².